The Balaban J connectivity index is 2.33. The van der Waals surface area contributed by atoms with Gasteiger partial charge < -0.3 is 50.5 Å². The van der Waals surface area contributed by atoms with Crippen LogP contribution in [0.2, 0.25) is 0 Å². The number of hydrogen-bond acceptors (Lipinski definition) is 10. The zero-order valence-corrected chi connectivity index (χ0v) is 41.7. The van der Waals surface area contributed by atoms with Crippen molar-refractivity contribution in [3.63, 3.8) is 0 Å². The van der Waals surface area contributed by atoms with Gasteiger partial charge >= 0.3 is 0 Å². The summed E-state index contributed by atoms with van der Waals surface area (Å²) in [7, 11) is 0. The van der Waals surface area contributed by atoms with Crippen molar-refractivity contribution in [3.05, 3.63) is 24.3 Å². The molecule has 0 aromatic carbocycles. The van der Waals surface area contributed by atoms with Crippen LogP contribution >= 0.6 is 0 Å². The molecule has 11 heteroatoms. The molecule has 1 aliphatic rings. The molecule has 0 bridgehead atoms. The fourth-order valence-corrected chi connectivity index (χ4v) is 8.73. The van der Waals surface area contributed by atoms with Crippen molar-refractivity contribution in [3.8, 4) is 0 Å². The maximum atomic E-state index is 13.1. The zero-order chi connectivity index (χ0) is 47.6. The molecule has 1 fully saturated rings. The maximum absolute atomic E-state index is 13.1. The summed E-state index contributed by atoms with van der Waals surface area (Å²) < 4.78 is 11.1. The number of allylic oxidation sites excluding steroid dienone is 4. The second-order valence-electron chi connectivity index (χ2n) is 19.3. The summed E-state index contributed by atoms with van der Waals surface area (Å²) in [4.78, 5) is 13.1. The molecule has 0 saturated carbocycles. The normalized spacial score (nSPS) is 21.0. The molecule has 0 spiro atoms. The first-order valence-electron chi connectivity index (χ1n) is 27.2. The molecule has 1 heterocycles. The van der Waals surface area contributed by atoms with Crippen LogP contribution < -0.4 is 5.32 Å². The number of hydrogen-bond donors (Lipinski definition) is 8. The van der Waals surface area contributed by atoms with E-state index in [1.807, 2.05) is 0 Å². The van der Waals surface area contributed by atoms with E-state index in [1.165, 1.54) is 161 Å². The lowest BCUT2D eigenvalue weighted by molar-refractivity contribution is -0.303. The van der Waals surface area contributed by atoms with Crippen molar-refractivity contribution >= 4 is 5.91 Å². The molecule has 65 heavy (non-hydrogen) atoms. The number of carbonyl (C=O) groups excluding carboxylic acids is 1. The summed E-state index contributed by atoms with van der Waals surface area (Å²) >= 11 is 0. The first kappa shape index (κ1) is 61.6. The summed E-state index contributed by atoms with van der Waals surface area (Å²) in [6.45, 7) is 3.44. The van der Waals surface area contributed by atoms with E-state index < -0.39 is 74.2 Å². The number of aliphatic hydroxyl groups is 7. The van der Waals surface area contributed by atoms with Crippen molar-refractivity contribution in [2.24, 2.45) is 0 Å². The predicted octanol–water partition coefficient (Wildman–Crippen LogP) is 10.6. The van der Waals surface area contributed by atoms with E-state index in [1.54, 1.807) is 0 Å². The van der Waals surface area contributed by atoms with Crippen LogP contribution in [0.25, 0.3) is 0 Å². The standard InChI is InChI=1S/C54H103NO10/c1-3-5-7-9-11-13-15-17-19-20-21-22-23-24-25-26-27-28-30-32-34-36-38-40-42-47(58)53(63)55-45(44-64-54-52(62)51(61)50(60)48(43-56)65-54)49(59)46(57)41-39-37-35-33-31-29-18-16-14-12-10-8-6-4-2/h24-25,33,35,45-52,54,56-62H,3-23,26-32,34,36-44H2,1-2H3,(H,55,63)/b25-24-,35-33+. The SMILES string of the molecule is CCCCCCCCCCC/C=C/CCCC(O)C(O)C(COC1OC(CO)C(O)C(O)C1O)NC(=O)C(O)CCCCCCCCCC/C=C\CCCCCCCCCCCCCC. The number of amides is 1. The van der Waals surface area contributed by atoms with Gasteiger partial charge in [0.05, 0.1) is 25.4 Å². The average molecular weight is 926 g/mol. The van der Waals surface area contributed by atoms with Gasteiger partial charge in [0.25, 0.3) is 0 Å². The lowest BCUT2D eigenvalue weighted by Gasteiger charge is -2.40. The molecule has 0 radical (unpaired) electrons. The number of aliphatic hydroxyl groups excluding tert-OH is 7. The summed E-state index contributed by atoms with van der Waals surface area (Å²) in [6, 6.07) is -1.18. The number of carbonyl (C=O) groups is 1. The van der Waals surface area contributed by atoms with E-state index in [2.05, 4.69) is 43.5 Å². The van der Waals surface area contributed by atoms with E-state index in [-0.39, 0.29) is 12.8 Å². The van der Waals surface area contributed by atoms with Gasteiger partial charge in [-0.1, -0.05) is 205 Å². The fraction of sp³-hybridized carbons (Fsp3) is 0.907. The predicted molar refractivity (Wildman–Crippen MR) is 266 cm³/mol. The van der Waals surface area contributed by atoms with Gasteiger partial charge in [0.1, 0.15) is 36.6 Å². The highest BCUT2D eigenvalue weighted by molar-refractivity contribution is 5.80. The topological polar surface area (TPSA) is 189 Å². The van der Waals surface area contributed by atoms with Crippen molar-refractivity contribution < 1.29 is 50.0 Å². The number of nitrogens with one attached hydrogen (secondary N) is 1. The van der Waals surface area contributed by atoms with Gasteiger partial charge in [-0.25, -0.2) is 0 Å². The van der Waals surface area contributed by atoms with Gasteiger partial charge in [0.15, 0.2) is 6.29 Å². The minimum Gasteiger partial charge on any atom is -0.394 e. The maximum Gasteiger partial charge on any atom is 0.249 e. The van der Waals surface area contributed by atoms with E-state index >= 15 is 0 Å². The number of ether oxygens (including phenoxy) is 2. The third-order valence-electron chi connectivity index (χ3n) is 13.2. The minimum atomic E-state index is -1.67. The van der Waals surface area contributed by atoms with Gasteiger partial charge in [-0.05, 0) is 64.2 Å². The Labute approximate surface area is 397 Å². The Bertz CT molecular complexity index is 1110. The van der Waals surface area contributed by atoms with Gasteiger partial charge in [0.2, 0.25) is 5.91 Å². The lowest BCUT2D eigenvalue weighted by Crippen LogP contribution is -2.60. The largest absolute Gasteiger partial charge is 0.394 e. The van der Waals surface area contributed by atoms with Crippen molar-refractivity contribution in [1.29, 1.82) is 0 Å². The second kappa shape index (κ2) is 43.8. The first-order chi connectivity index (χ1) is 31.7. The highest BCUT2D eigenvalue weighted by Gasteiger charge is 2.44. The van der Waals surface area contributed by atoms with E-state index in [0.29, 0.717) is 12.8 Å². The smallest absolute Gasteiger partial charge is 0.249 e. The van der Waals surface area contributed by atoms with Crippen LogP contribution in [0.3, 0.4) is 0 Å². The van der Waals surface area contributed by atoms with Crippen LogP contribution in [0.5, 0.6) is 0 Å². The Morgan fingerprint density at radius 3 is 1.32 bits per heavy atom. The number of unbranched alkanes of at least 4 members (excludes halogenated alkanes) is 30. The zero-order valence-electron chi connectivity index (χ0n) is 41.7. The summed E-state index contributed by atoms with van der Waals surface area (Å²) in [5, 5.41) is 75.9. The summed E-state index contributed by atoms with van der Waals surface area (Å²) in [5.41, 5.74) is 0. The number of rotatable bonds is 46. The van der Waals surface area contributed by atoms with Crippen LogP contribution in [-0.2, 0) is 14.3 Å². The Kier molecular flexibility index (Phi) is 41.6. The molecule has 9 atom stereocenters. The molecule has 384 valence electrons. The molecule has 9 unspecified atom stereocenters. The van der Waals surface area contributed by atoms with Gasteiger partial charge in [-0.2, -0.15) is 0 Å². The van der Waals surface area contributed by atoms with Crippen LogP contribution in [0.4, 0.5) is 0 Å². The molecule has 1 saturated heterocycles. The fourth-order valence-electron chi connectivity index (χ4n) is 8.73. The third-order valence-corrected chi connectivity index (χ3v) is 13.2. The van der Waals surface area contributed by atoms with E-state index in [0.717, 1.165) is 44.9 Å². The molecule has 1 aliphatic heterocycles. The molecule has 1 rings (SSSR count). The molecule has 11 nitrogen and oxygen atoms in total. The van der Waals surface area contributed by atoms with Crippen LogP contribution in [0, 0.1) is 0 Å². The van der Waals surface area contributed by atoms with Gasteiger partial charge in [-0.3, -0.25) is 4.79 Å². The molecule has 0 aromatic heterocycles. The molecule has 8 N–H and O–H groups in total. The van der Waals surface area contributed by atoms with Gasteiger partial charge in [0, 0.05) is 0 Å². The average Bonchev–Trinajstić information content (AvgIpc) is 3.31. The van der Waals surface area contributed by atoms with E-state index in [9.17, 15) is 40.5 Å². The lowest BCUT2D eigenvalue weighted by atomic mass is 9.98. The van der Waals surface area contributed by atoms with Crippen molar-refractivity contribution in [2.75, 3.05) is 13.2 Å². The van der Waals surface area contributed by atoms with Crippen molar-refractivity contribution in [2.45, 2.75) is 300 Å². The van der Waals surface area contributed by atoms with Crippen LogP contribution in [-0.4, -0.2) is 110 Å². The quantitative estimate of drug-likeness (QED) is 0.0216. The van der Waals surface area contributed by atoms with Crippen LogP contribution in [0.15, 0.2) is 24.3 Å². The van der Waals surface area contributed by atoms with Gasteiger partial charge in [-0.15, -0.1) is 0 Å². The Morgan fingerprint density at radius 1 is 0.523 bits per heavy atom. The highest BCUT2D eigenvalue weighted by atomic mass is 16.7. The van der Waals surface area contributed by atoms with Crippen LogP contribution in [0.1, 0.15) is 245 Å². The summed E-state index contributed by atoms with van der Waals surface area (Å²) in [6.07, 6.45) is 39.5. The van der Waals surface area contributed by atoms with Crippen molar-refractivity contribution in [1.82, 2.24) is 5.32 Å². The Morgan fingerprint density at radius 2 is 0.908 bits per heavy atom. The summed E-state index contributed by atoms with van der Waals surface area (Å²) in [5.74, 6) is -0.707. The third kappa shape index (κ3) is 32.9. The molecule has 0 aliphatic carbocycles. The highest BCUT2D eigenvalue weighted by Crippen LogP contribution is 2.23. The Hall–Kier alpha value is -1.41. The molecule has 1 amide bonds. The molecular weight excluding hydrogens is 823 g/mol. The monoisotopic (exact) mass is 926 g/mol. The first-order valence-corrected chi connectivity index (χ1v) is 27.2. The van der Waals surface area contributed by atoms with E-state index in [4.69, 9.17) is 9.47 Å². The minimum absolute atomic E-state index is 0.252. The molecule has 0 aromatic rings. The molecular formula is C54H103NO10. The second-order valence-corrected chi connectivity index (χ2v) is 19.3.